The highest BCUT2D eigenvalue weighted by Gasteiger charge is 2.33. The number of hydrogen-bond donors (Lipinski definition) is 0. The molecule has 1 aliphatic heterocycles. The van der Waals surface area contributed by atoms with Crippen molar-refractivity contribution in [2.45, 2.75) is 19.9 Å². The first-order chi connectivity index (χ1) is 17.7. The van der Waals surface area contributed by atoms with Crippen LogP contribution in [-0.2, 0) is 9.53 Å². The maximum absolute atomic E-state index is 13.8. The fraction of sp³-hybridized carbons (Fsp3) is 0.250. The van der Waals surface area contributed by atoms with Crippen molar-refractivity contribution in [1.29, 1.82) is 0 Å². The number of thiazole rings is 1. The zero-order chi connectivity index (χ0) is 26.7. The van der Waals surface area contributed by atoms with Crippen LogP contribution >= 0.6 is 27.3 Å². The molecule has 0 aliphatic carbocycles. The van der Waals surface area contributed by atoms with Crippen molar-refractivity contribution in [3.63, 3.8) is 0 Å². The second-order valence-electron chi connectivity index (χ2n) is 8.58. The fourth-order valence-corrected chi connectivity index (χ4v) is 5.64. The summed E-state index contributed by atoms with van der Waals surface area (Å²) in [7, 11) is 3.92. The summed E-state index contributed by atoms with van der Waals surface area (Å²) in [5.74, 6) is 0.216. The number of fused-ring (bicyclic) bond motifs is 1. The van der Waals surface area contributed by atoms with Crippen molar-refractivity contribution in [3.8, 4) is 5.75 Å². The summed E-state index contributed by atoms with van der Waals surface area (Å²) >= 11 is 4.82. The van der Waals surface area contributed by atoms with E-state index < -0.39 is 12.0 Å². The third-order valence-electron chi connectivity index (χ3n) is 5.85. The Morgan fingerprint density at radius 2 is 1.97 bits per heavy atom. The van der Waals surface area contributed by atoms with Gasteiger partial charge in [0.2, 0.25) is 0 Å². The Labute approximate surface area is 227 Å². The average Bonchev–Trinajstić information content (AvgIpc) is 3.17. The summed E-state index contributed by atoms with van der Waals surface area (Å²) in [4.78, 5) is 34.0. The predicted octanol–water partition coefficient (Wildman–Crippen LogP) is 4.19. The van der Waals surface area contributed by atoms with E-state index >= 15 is 0 Å². The van der Waals surface area contributed by atoms with Gasteiger partial charge in [0.1, 0.15) is 12.4 Å². The molecule has 1 atom stereocenters. The average molecular weight is 583 g/mol. The van der Waals surface area contributed by atoms with Crippen LogP contribution in [0.1, 0.15) is 31.0 Å². The van der Waals surface area contributed by atoms with E-state index in [1.165, 1.54) is 11.3 Å². The smallest absolute Gasteiger partial charge is 0.338 e. The van der Waals surface area contributed by atoms with Gasteiger partial charge in [0, 0.05) is 19.8 Å². The van der Waals surface area contributed by atoms with E-state index in [4.69, 9.17) is 9.47 Å². The lowest BCUT2D eigenvalue weighted by atomic mass is 9.95. The van der Waals surface area contributed by atoms with Crippen molar-refractivity contribution in [2.75, 3.05) is 32.2 Å². The van der Waals surface area contributed by atoms with Gasteiger partial charge in [-0.15, -0.1) is 0 Å². The molecule has 1 aromatic heterocycles. The molecule has 0 unspecified atom stereocenters. The molecule has 192 valence electrons. The Morgan fingerprint density at radius 1 is 1.24 bits per heavy atom. The van der Waals surface area contributed by atoms with Crippen LogP contribution in [0.5, 0.6) is 5.75 Å². The number of carbonyl (C=O) groups excluding carboxylic acids is 1. The summed E-state index contributed by atoms with van der Waals surface area (Å²) in [6.07, 6.45) is 3.50. The lowest BCUT2D eigenvalue weighted by molar-refractivity contribution is -0.139. The zero-order valence-electron chi connectivity index (χ0n) is 21.2. The van der Waals surface area contributed by atoms with Gasteiger partial charge in [0.25, 0.3) is 5.56 Å². The first kappa shape index (κ1) is 26.6. The molecule has 0 bridgehead atoms. The minimum atomic E-state index is -0.643. The zero-order valence-corrected chi connectivity index (χ0v) is 23.6. The topological polar surface area (TPSA) is 73.1 Å². The molecular weight excluding hydrogens is 554 g/mol. The molecule has 0 amide bonds. The quantitative estimate of drug-likeness (QED) is 0.294. The first-order valence-electron chi connectivity index (χ1n) is 11.7. The SMILES string of the molecule is C=CCOc1ccc(/C=c2/sc3n(c2=O)[C@@H](c2ccc(N(C)C)cc2)C(C(=O)OCC)=C(C)N=3)cc1Br. The maximum Gasteiger partial charge on any atom is 0.338 e. The number of hydrogen-bond acceptors (Lipinski definition) is 7. The molecule has 0 fully saturated rings. The van der Waals surface area contributed by atoms with E-state index in [-0.39, 0.29) is 12.2 Å². The number of allylic oxidation sites excluding steroid dienone is 1. The highest BCUT2D eigenvalue weighted by molar-refractivity contribution is 9.10. The highest BCUT2D eigenvalue weighted by Crippen LogP contribution is 2.32. The van der Waals surface area contributed by atoms with Gasteiger partial charge in [-0.05, 0) is 71.2 Å². The highest BCUT2D eigenvalue weighted by atomic mass is 79.9. The van der Waals surface area contributed by atoms with Crippen LogP contribution in [0.2, 0.25) is 0 Å². The third-order valence-corrected chi connectivity index (χ3v) is 7.46. The van der Waals surface area contributed by atoms with Crippen LogP contribution in [0.25, 0.3) is 6.08 Å². The molecule has 0 spiro atoms. The Kier molecular flexibility index (Phi) is 8.14. The predicted molar refractivity (Wildman–Crippen MR) is 151 cm³/mol. The van der Waals surface area contributed by atoms with Crippen LogP contribution in [0, 0.1) is 0 Å². The van der Waals surface area contributed by atoms with Gasteiger partial charge in [-0.25, -0.2) is 9.79 Å². The second-order valence-corrected chi connectivity index (χ2v) is 10.4. The van der Waals surface area contributed by atoms with Crippen LogP contribution in [-0.4, -0.2) is 37.8 Å². The molecule has 0 saturated carbocycles. The molecule has 2 heterocycles. The van der Waals surface area contributed by atoms with E-state index in [0.29, 0.717) is 33.0 Å². The number of aromatic nitrogens is 1. The number of anilines is 1. The normalized spacial score (nSPS) is 15.2. The van der Waals surface area contributed by atoms with E-state index in [2.05, 4.69) is 27.5 Å². The molecule has 3 aromatic rings. The number of nitrogens with zero attached hydrogens (tertiary/aromatic N) is 3. The van der Waals surface area contributed by atoms with Gasteiger partial charge in [0.15, 0.2) is 4.80 Å². The van der Waals surface area contributed by atoms with Gasteiger partial charge in [0.05, 0.1) is 32.9 Å². The monoisotopic (exact) mass is 581 g/mol. The molecule has 4 rings (SSSR count). The van der Waals surface area contributed by atoms with E-state index in [1.54, 1.807) is 24.5 Å². The largest absolute Gasteiger partial charge is 0.488 e. The minimum absolute atomic E-state index is 0.220. The summed E-state index contributed by atoms with van der Waals surface area (Å²) in [6, 6.07) is 12.8. The number of esters is 1. The Bertz CT molecular complexity index is 1550. The van der Waals surface area contributed by atoms with Crippen molar-refractivity contribution in [3.05, 3.63) is 102 Å². The van der Waals surface area contributed by atoms with Gasteiger partial charge in [-0.2, -0.15) is 0 Å². The number of benzene rings is 2. The van der Waals surface area contributed by atoms with Crippen LogP contribution in [0.4, 0.5) is 5.69 Å². The standard InChI is InChI=1S/C28H28BrN3O4S/c1-6-14-36-22-13-8-18(15-21(22)29)16-23-26(33)32-25(19-9-11-20(12-10-19)31(4)5)24(27(34)35-7-2)17(3)30-28(32)37-23/h6,8-13,15-16,25H,1,7,14H2,2-5H3/b23-16+/t25-/m0/s1. The third kappa shape index (κ3) is 5.47. The minimum Gasteiger partial charge on any atom is -0.488 e. The lowest BCUT2D eigenvalue weighted by Crippen LogP contribution is -2.39. The molecule has 37 heavy (non-hydrogen) atoms. The van der Waals surface area contributed by atoms with Gasteiger partial charge in [-0.3, -0.25) is 9.36 Å². The van der Waals surface area contributed by atoms with E-state index in [1.807, 2.05) is 67.5 Å². The fourth-order valence-electron chi connectivity index (χ4n) is 4.09. The molecule has 2 aromatic carbocycles. The number of rotatable bonds is 8. The summed E-state index contributed by atoms with van der Waals surface area (Å²) < 4.78 is 13.9. The lowest BCUT2D eigenvalue weighted by Gasteiger charge is -2.25. The van der Waals surface area contributed by atoms with Crippen molar-refractivity contribution < 1.29 is 14.3 Å². The van der Waals surface area contributed by atoms with E-state index in [0.717, 1.165) is 21.3 Å². The van der Waals surface area contributed by atoms with Crippen LogP contribution in [0.3, 0.4) is 0 Å². The summed E-state index contributed by atoms with van der Waals surface area (Å²) in [5.41, 5.74) is 3.34. The number of halogens is 1. The van der Waals surface area contributed by atoms with Crippen molar-refractivity contribution in [2.24, 2.45) is 4.99 Å². The van der Waals surface area contributed by atoms with Gasteiger partial charge < -0.3 is 14.4 Å². The van der Waals surface area contributed by atoms with Gasteiger partial charge >= 0.3 is 5.97 Å². The van der Waals surface area contributed by atoms with Crippen molar-refractivity contribution >= 4 is 45.0 Å². The van der Waals surface area contributed by atoms with Crippen LogP contribution in [0.15, 0.2) is 80.6 Å². The van der Waals surface area contributed by atoms with Crippen molar-refractivity contribution in [1.82, 2.24) is 4.57 Å². The molecule has 0 N–H and O–H groups in total. The first-order valence-corrected chi connectivity index (χ1v) is 13.4. The van der Waals surface area contributed by atoms with Gasteiger partial charge in [-0.1, -0.05) is 42.2 Å². The van der Waals surface area contributed by atoms with Crippen LogP contribution < -0.4 is 24.5 Å². The second kappa shape index (κ2) is 11.3. The maximum atomic E-state index is 13.8. The molecular formula is C28H28BrN3O4S. The number of carbonyl (C=O) groups is 1. The number of ether oxygens (including phenoxy) is 2. The Morgan fingerprint density at radius 3 is 2.59 bits per heavy atom. The Hall–Kier alpha value is -3.43. The summed E-state index contributed by atoms with van der Waals surface area (Å²) in [5, 5.41) is 0. The molecule has 0 radical (unpaired) electrons. The molecule has 1 aliphatic rings. The molecule has 7 nitrogen and oxygen atoms in total. The summed E-state index contributed by atoms with van der Waals surface area (Å²) in [6.45, 7) is 7.83. The molecule has 9 heteroatoms. The molecule has 0 saturated heterocycles. The van der Waals surface area contributed by atoms with E-state index in [9.17, 15) is 9.59 Å². The Balaban J connectivity index is 1.86.